The van der Waals surface area contributed by atoms with Gasteiger partial charge in [-0.3, -0.25) is 4.98 Å². The molecule has 0 amide bonds. The highest BCUT2D eigenvalue weighted by molar-refractivity contribution is 5.25. The van der Waals surface area contributed by atoms with Gasteiger partial charge in [0.05, 0.1) is 18.8 Å². The molecular formula is C12H15FN2O. The Morgan fingerprint density at radius 2 is 2.44 bits per heavy atom. The second-order valence-electron chi connectivity index (χ2n) is 3.72. The first-order chi connectivity index (χ1) is 7.83. The lowest BCUT2D eigenvalue weighted by molar-refractivity contribution is 0.168. The van der Waals surface area contributed by atoms with Gasteiger partial charge in [0, 0.05) is 11.8 Å². The molecule has 1 aliphatic heterocycles. The molecule has 86 valence electrons. The topological polar surface area (TPSA) is 34.1 Å². The third-order valence-corrected chi connectivity index (χ3v) is 2.65. The number of rotatable bonds is 3. The number of pyridine rings is 1. The first-order valence-corrected chi connectivity index (χ1v) is 5.42. The lowest BCUT2D eigenvalue weighted by Gasteiger charge is -2.23. The Balaban J connectivity index is 2.28. The second-order valence-corrected chi connectivity index (χ2v) is 3.72. The van der Waals surface area contributed by atoms with Crippen molar-refractivity contribution >= 4 is 0 Å². The van der Waals surface area contributed by atoms with Crippen LogP contribution in [0.25, 0.3) is 0 Å². The smallest absolute Gasteiger partial charge is 0.146 e. The van der Waals surface area contributed by atoms with E-state index in [0.29, 0.717) is 12.2 Å². The van der Waals surface area contributed by atoms with Crippen molar-refractivity contribution in [2.24, 2.45) is 0 Å². The molecule has 0 spiro atoms. The Kier molecular flexibility index (Phi) is 3.51. The molecule has 2 heterocycles. The van der Waals surface area contributed by atoms with Crippen molar-refractivity contribution in [3.8, 4) is 0 Å². The van der Waals surface area contributed by atoms with Gasteiger partial charge in [-0.2, -0.15) is 0 Å². The van der Waals surface area contributed by atoms with Crippen molar-refractivity contribution in [1.29, 1.82) is 0 Å². The highest BCUT2D eigenvalue weighted by Gasteiger charge is 2.20. The molecule has 0 saturated heterocycles. The highest BCUT2D eigenvalue weighted by atomic mass is 19.1. The summed E-state index contributed by atoms with van der Waals surface area (Å²) in [5.41, 5.74) is 0.575. The van der Waals surface area contributed by atoms with Crippen molar-refractivity contribution in [3.05, 3.63) is 41.7 Å². The fraction of sp³-hybridized carbons (Fsp3) is 0.417. The van der Waals surface area contributed by atoms with Crippen LogP contribution in [0.15, 0.2) is 30.3 Å². The van der Waals surface area contributed by atoms with E-state index in [1.54, 1.807) is 19.3 Å². The number of hydrogen-bond donors (Lipinski definition) is 1. The van der Waals surface area contributed by atoms with Crippen molar-refractivity contribution in [1.82, 2.24) is 10.3 Å². The molecule has 1 aliphatic rings. The van der Waals surface area contributed by atoms with E-state index in [0.717, 1.165) is 18.6 Å². The quantitative estimate of drug-likeness (QED) is 0.851. The molecule has 1 unspecified atom stereocenters. The standard InChI is InChI=1S/C12H15FN2O/c1-14-12(11-4-2-3-7-16-11)9-5-6-15-8-10(9)13/h4-6,8,12,14H,2-3,7H2,1H3. The third kappa shape index (κ3) is 2.22. The zero-order valence-electron chi connectivity index (χ0n) is 9.24. The summed E-state index contributed by atoms with van der Waals surface area (Å²) >= 11 is 0. The molecule has 16 heavy (non-hydrogen) atoms. The summed E-state index contributed by atoms with van der Waals surface area (Å²) in [6.45, 7) is 0.705. The van der Waals surface area contributed by atoms with E-state index < -0.39 is 0 Å². The van der Waals surface area contributed by atoms with Crippen LogP contribution in [0.5, 0.6) is 0 Å². The molecule has 1 N–H and O–H groups in total. The Bertz CT molecular complexity index is 392. The van der Waals surface area contributed by atoms with Gasteiger partial charge >= 0.3 is 0 Å². The van der Waals surface area contributed by atoms with Gasteiger partial charge in [-0.05, 0) is 32.0 Å². The Labute approximate surface area is 94.3 Å². The van der Waals surface area contributed by atoms with E-state index >= 15 is 0 Å². The molecule has 1 aromatic heterocycles. The largest absolute Gasteiger partial charge is 0.496 e. The number of allylic oxidation sites excluding steroid dienone is 1. The zero-order valence-corrected chi connectivity index (χ0v) is 9.24. The van der Waals surface area contributed by atoms with Gasteiger partial charge in [-0.1, -0.05) is 0 Å². The van der Waals surface area contributed by atoms with Crippen LogP contribution < -0.4 is 5.32 Å². The van der Waals surface area contributed by atoms with E-state index in [4.69, 9.17) is 4.74 Å². The summed E-state index contributed by atoms with van der Waals surface area (Å²) < 4.78 is 19.1. The first kappa shape index (κ1) is 11.1. The Morgan fingerprint density at radius 1 is 1.56 bits per heavy atom. The van der Waals surface area contributed by atoms with Gasteiger partial charge in [0.1, 0.15) is 11.6 Å². The summed E-state index contributed by atoms with van der Waals surface area (Å²) in [7, 11) is 1.79. The molecule has 1 aromatic rings. The molecular weight excluding hydrogens is 207 g/mol. The maximum absolute atomic E-state index is 13.6. The van der Waals surface area contributed by atoms with Gasteiger partial charge in [0.2, 0.25) is 0 Å². The number of hydrogen-bond acceptors (Lipinski definition) is 3. The zero-order chi connectivity index (χ0) is 11.4. The fourth-order valence-corrected chi connectivity index (χ4v) is 1.85. The molecule has 0 radical (unpaired) electrons. The summed E-state index contributed by atoms with van der Waals surface area (Å²) in [5, 5.41) is 3.07. The van der Waals surface area contributed by atoms with E-state index in [9.17, 15) is 4.39 Å². The predicted molar refractivity (Wildman–Crippen MR) is 59.3 cm³/mol. The van der Waals surface area contributed by atoms with Gasteiger partial charge in [-0.15, -0.1) is 0 Å². The molecule has 4 heteroatoms. The summed E-state index contributed by atoms with van der Waals surface area (Å²) in [6, 6.07) is 1.46. The Morgan fingerprint density at radius 3 is 3.06 bits per heavy atom. The fourth-order valence-electron chi connectivity index (χ4n) is 1.85. The van der Waals surface area contributed by atoms with E-state index in [1.165, 1.54) is 6.20 Å². The van der Waals surface area contributed by atoms with Gasteiger partial charge < -0.3 is 10.1 Å². The van der Waals surface area contributed by atoms with E-state index in [-0.39, 0.29) is 11.9 Å². The minimum atomic E-state index is -0.308. The summed E-state index contributed by atoms with van der Waals surface area (Å²) in [4.78, 5) is 3.74. The van der Waals surface area contributed by atoms with Gasteiger partial charge in [0.15, 0.2) is 0 Å². The summed E-state index contributed by atoms with van der Waals surface area (Å²) in [5.74, 6) is 0.496. The molecule has 0 fully saturated rings. The summed E-state index contributed by atoms with van der Waals surface area (Å²) in [6.07, 6.45) is 6.85. The Hall–Kier alpha value is -1.42. The normalized spacial score (nSPS) is 17.5. The maximum Gasteiger partial charge on any atom is 0.146 e. The number of ether oxygens (including phenoxy) is 1. The van der Waals surface area contributed by atoms with Gasteiger partial charge in [-0.25, -0.2) is 4.39 Å². The number of nitrogens with one attached hydrogen (secondary N) is 1. The average Bonchev–Trinajstić information content (AvgIpc) is 2.34. The maximum atomic E-state index is 13.6. The monoisotopic (exact) mass is 222 g/mol. The van der Waals surface area contributed by atoms with Crippen molar-refractivity contribution in [2.75, 3.05) is 13.7 Å². The second kappa shape index (κ2) is 5.07. The van der Waals surface area contributed by atoms with Crippen molar-refractivity contribution in [3.63, 3.8) is 0 Å². The number of nitrogens with zero attached hydrogens (tertiary/aromatic N) is 1. The lowest BCUT2D eigenvalue weighted by atomic mass is 10.0. The molecule has 1 atom stereocenters. The number of halogens is 1. The van der Waals surface area contributed by atoms with Crippen LogP contribution in [-0.4, -0.2) is 18.6 Å². The average molecular weight is 222 g/mol. The van der Waals surface area contributed by atoms with E-state index in [2.05, 4.69) is 10.3 Å². The van der Waals surface area contributed by atoms with Crippen LogP contribution in [0.3, 0.4) is 0 Å². The van der Waals surface area contributed by atoms with Gasteiger partial charge in [0.25, 0.3) is 0 Å². The molecule has 0 aromatic carbocycles. The number of likely N-dealkylation sites (N-methyl/N-ethyl adjacent to an activating group) is 1. The van der Waals surface area contributed by atoms with Crippen LogP contribution in [0.4, 0.5) is 4.39 Å². The van der Waals surface area contributed by atoms with Crippen molar-refractivity contribution < 1.29 is 9.13 Å². The minimum Gasteiger partial charge on any atom is -0.496 e. The molecule has 0 aliphatic carbocycles. The number of aromatic nitrogens is 1. The molecule has 3 nitrogen and oxygen atoms in total. The third-order valence-electron chi connectivity index (χ3n) is 2.65. The van der Waals surface area contributed by atoms with E-state index in [1.807, 2.05) is 6.08 Å². The highest BCUT2D eigenvalue weighted by Crippen LogP contribution is 2.26. The van der Waals surface area contributed by atoms with Crippen LogP contribution >= 0.6 is 0 Å². The van der Waals surface area contributed by atoms with Crippen LogP contribution in [0.1, 0.15) is 24.4 Å². The molecule has 2 rings (SSSR count). The van der Waals surface area contributed by atoms with Crippen LogP contribution in [0.2, 0.25) is 0 Å². The molecule has 0 saturated carbocycles. The SMILES string of the molecule is CNC(C1=CCCCO1)c1ccncc1F. The predicted octanol–water partition coefficient (Wildman–Crippen LogP) is 2.18. The minimum absolute atomic E-state index is 0.219. The van der Waals surface area contributed by atoms with Crippen LogP contribution in [-0.2, 0) is 4.74 Å². The van der Waals surface area contributed by atoms with Crippen molar-refractivity contribution in [2.45, 2.75) is 18.9 Å². The van der Waals surface area contributed by atoms with Crippen LogP contribution in [0, 0.1) is 5.82 Å². The first-order valence-electron chi connectivity index (χ1n) is 5.42. The molecule has 0 bridgehead atoms. The lowest BCUT2D eigenvalue weighted by Crippen LogP contribution is -2.23.